The molecule has 5 heteroatoms. The van der Waals surface area contributed by atoms with Crippen molar-refractivity contribution in [3.8, 4) is 10.6 Å². The van der Waals surface area contributed by atoms with Gasteiger partial charge in [-0.1, -0.05) is 0 Å². The van der Waals surface area contributed by atoms with Crippen molar-refractivity contribution in [3.05, 3.63) is 40.2 Å². The molecule has 0 radical (unpaired) electrons. The number of aromatic nitrogens is 1. The van der Waals surface area contributed by atoms with Gasteiger partial charge in [0, 0.05) is 11.5 Å². The highest BCUT2D eigenvalue weighted by Gasteiger charge is 2.32. The van der Waals surface area contributed by atoms with Crippen molar-refractivity contribution in [3.63, 3.8) is 0 Å². The number of nitrogens with zero attached hydrogens (tertiary/aromatic N) is 1. The molecule has 1 fully saturated rings. The molecule has 2 aromatic rings. The number of aryl methyl sites for hydroxylation is 1. The number of carboxylic acids is 1. The molecule has 1 aliphatic carbocycles. The molecule has 3 rings (SSSR count). The second kappa shape index (κ2) is 4.42. The third-order valence-corrected chi connectivity index (χ3v) is 4.32. The number of aromatic carboxylic acids is 1. The minimum atomic E-state index is -0.926. The van der Waals surface area contributed by atoms with Crippen LogP contribution in [0.2, 0.25) is 0 Å². The van der Waals surface area contributed by atoms with Crippen molar-refractivity contribution in [2.75, 3.05) is 0 Å². The maximum Gasteiger partial charge on any atom is 0.347 e. The Morgan fingerprint density at radius 2 is 2.21 bits per heavy atom. The van der Waals surface area contributed by atoms with Gasteiger partial charge in [-0.15, -0.1) is 11.3 Å². The number of benzene rings is 1. The van der Waals surface area contributed by atoms with Crippen LogP contribution in [0.25, 0.3) is 10.6 Å². The van der Waals surface area contributed by atoms with Gasteiger partial charge >= 0.3 is 5.97 Å². The number of thiazole rings is 1. The molecule has 1 heterocycles. The first-order chi connectivity index (χ1) is 9.06. The van der Waals surface area contributed by atoms with Crippen molar-refractivity contribution >= 4 is 17.3 Å². The Morgan fingerprint density at radius 1 is 1.47 bits per heavy atom. The van der Waals surface area contributed by atoms with Crippen molar-refractivity contribution in [2.24, 2.45) is 0 Å². The van der Waals surface area contributed by atoms with Gasteiger partial charge in [-0.05, 0) is 43.5 Å². The van der Waals surface area contributed by atoms with Gasteiger partial charge in [0.25, 0.3) is 0 Å². The molecule has 0 spiro atoms. The standard InChI is InChI=1S/C14H12FNO2S/c1-7-6-9(4-5-10(7)15)13-16-11(8-2-3-8)12(19-13)14(17)18/h4-6,8H,2-3H2,1H3,(H,17,18). The molecule has 0 atom stereocenters. The SMILES string of the molecule is Cc1cc(-c2nc(C3CC3)c(C(=O)O)s2)ccc1F. The van der Waals surface area contributed by atoms with E-state index in [2.05, 4.69) is 4.98 Å². The predicted octanol–water partition coefficient (Wildman–Crippen LogP) is 3.83. The third kappa shape index (κ3) is 2.26. The molecule has 0 bridgehead atoms. The van der Waals surface area contributed by atoms with Crippen LogP contribution in [0.15, 0.2) is 18.2 Å². The van der Waals surface area contributed by atoms with Gasteiger partial charge in [-0.25, -0.2) is 14.2 Å². The van der Waals surface area contributed by atoms with E-state index in [0.717, 1.165) is 18.4 Å². The molecule has 19 heavy (non-hydrogen) atoms. The smallest absolute Gasteiger partial charge is 0.347 e. The normalized spacial score (nSPS) is 14.6. The molecule has 1 saturated carbocycles. The molecule has 1 aromatic carbocycles. The zero-order valence-electron chi connectivity index (χ0n) is 10.3. The number of hydrogen-bond donors (Lipinski definition) is 1. The van der Waals surface area contributed by atoms with Gasteiger partial charge in [0.1, 0.15) is 15.7 Å². The zero-order chi connectivity index (χ0) is 13.6. The van der Waals surface area contributed by atoms with Crippen LogP contribution < -0.4 is 0 Å². The number of hydrogen-bond acceptors (Lipinski definition) is 3. The quantitative estimate of drug-likeness (QED) is 0.927. The first-order valence-corrected chi connectivity index (χ1v) is 6.88. The number of rotatable bonds is 3. The fraction of sp³-hybridized carbons (Fsp3) is 0.286. The predicted molar refractivity (Wildman–Crippen MR) is 71.2 cm³/mol. The van der Waals surface area contributed by atoms with E-state index in [1.807, 2.05) is 0 Å². The van der Waals surface area contributed by atoms with Gasteiger partial charge in [0.2, 0.25) is 0 Å². The fourth-order valence-corrected chi connectivity index (χ4v) is 3.01. The number of carboxylic acid groups (broad SMARTS) is 1. The van der Waals surface area contributed by atoms with Crippen molar-refractivity contribution in [1.29, 1.82) is 0 Å². The van der Waals surface area contributed by atoms with E-state index >= 15 is 0 Å². The molecule has 0 amide bonds. The summed E-state index contributed by atoms with van der Waals surface area (Å²) in [4.78, 5) is 16.0. The van der Waals surface area contributed by atoms with Crippen LogP contribution in [-0.4, -0.2) is 16.1 Å². The topological polar surface area (TPSA) is 50.2 Å². The summed E-state index contributed by atoms with van der Waals surface area (Å²) in [6.07, 6.45) is 2.01. The summed E-state index contributed by atoms with van der Waals surface area (Å²) in [5, 5.41) is 9.87. The van der Waals surface area contributed by atoms with Crippen molar-refractivity contribution in [1.82, 2.24) is 4.98 Å². The van der Waals surface area contributed by atoms with Gasteiger partial charge in [0.05, 0.1) is 5.69 Å². The fourth-order valence-electron chi connectivity index (χ4n) is 2.02. The molecule has 1 aliphatic rings. The Labute approximate surface area is 113 Å². The van der Waals surface area contributed by atoms with E-state index in [1.165, 1.54) is 17.4 Å². The Kier molecular flexibility index (Phi) is 2.86. The number of halogens is 1. The second-order valence-electron chi connectivity index (χ2n) is 4.78. The summed E-state index contributed by atoms with van der Waals surface area (Å²) in [7, 11) is 0. The summed E-state index contributed by atoms with van der Waals surface area (Å²) in [6.45, 7) is 1.69. The Morgan fingerprint density at radius 3 is 2.79 bits per heavy atom. The Hall–Kier alpha value is -1.75. The second-order valence-corrected chi connectivity index (χ2v) is 5.78. The average molecular weight is 277 g/mol. The molecule has 0 aliphatic heterocycles. The molecule has 98 valence electrons. The van der Waals surface area contributed by atoms with Gasteiger partial charge in [0.15, 0.2) is 0 Å². The minimum Gasteiger partial charge on any atom is -0.477 e. The maximum atomic E-state index is 13.3. The molecule has 0 saturated heterocycles. The first kappa shape index (κ1) is 12.3. The van der Waals surface area contributed by atoms with Crippen LogP contribution in [0.4, 0.5) is 4.39 Å². The van der Waals surface area contributed by atoms with Crippen LogP contribution in [-0.2, 0) is 0 Å². The molecule has 3 nitrogen and oxygen atoms in total. The highest BCUT2D eigenvalue weighted by Crippen LogP contribution is 2.44. The Bertz CT molecular complexity index is 661. The lowest BCUT2D eigenvalue weighted by molar-refractivity contribution is 0.0700. The Balaban J connectivity index is 2.07. The summed E-state index contributed by atoms with van der Waals surface area (Å²) in [5.41, 5.74) is 2.00. The summed E-state index contributed by atoms with van der Waals surface area (Å²) in [5.74, 6) is -0.900. The van der Waals surface area contributed by atoms with E-state index < -0.39 is 5.97 Å². The van der Waals surface area contributed by atoms with Crippen LogP contribution >= 0.6 is 11.3 Å². The van der Waals surface area contributed by atoms with Gasteiger partial charge in [-0.3, -0.25) is 0 Å². The van der Waals surface area contributed by atoms with E-state index in [4.69, 9.17) is 0 Å². The average Bonchev–Trinajstić information content (AvgIpc) is 3.11. The first-order valence-electron chi connectivity index (χ1n) is 6.07. The lowest BCUT2D eigenvalue weighted by Gasteiger charge is -1.99. The van der Waals surface area contributed by atoms with E-state index in [9.17, 15) is 14.3 Å². The minimum absolute atomic E-state index is 0.263. The molecular weight excluding hydrogens is 265 g/mol. The summed E-state index contributed by atoms with van der Waals surface area (Å²) >= 11 is 1.17. The maximum absolute atomic E-state index is 13.3. The van der Waals surface area contributed by atoms with Gasteiger partial charge < -0.3 is 5.11 Å². The van der Waals surface area contributed by atoms with Crippen LogP contribution in [0.1, 0.15) is 39.7 Å². The molecular formula is C14H12FNO2S. The summed E-state index contributed by atoms with van der Waals surface area (Å²) < 4.78 is 13.3. The lowest BCUT2D eigenvalue weighted by atomic mass is 10.1. The van der Waals surface area contributed by atoms with E-state index in [0.29, 0.717) is 21.1 Å². The lowest BCUT2D eigenvalue weighted by Crippen LogP contribution is -1.97. The van der Waals surface area contributed by atoms with Crippen molar-refractivity contribution in [2.45, 2.75) is 25.7 Å². The highest BCUT2D eigenvalue weighted by atomic mass is 32.1. The molecule has 0 unspecified atom stereocenters. The van der Waals surface area contributed by atoms with Gasteiger partial charge in [-0.2, -0.15) is 0 Å². The van der Waals surface area contributed by atoms with E-state index in [1.54, 1.807) is 19.1 Å². The number of carbonyl (C=O) groups is 1. The monoisotopic (exact) mass is 277 g/mol. The largest absolute Gasteiger partial charge is 0.477 e. The highest BCUT2D eigenvalue weighted by molar-refractivity contribution is 7.17. The van der Waals surface area contributed by atoms with Crippen molar-refractivity contribution < 1.29 is 14.3 Å². The zero-order valence-corrected chi connectivity index (χ0v) is 11.1. The van der Waals surface area contributed by atoms with Crippen LogP contribution in [0.3, 0.4) is 0 Å². The molecule has 1 N–H and O–H groups in total. The third-order valence-electron chi connectivity index (χ3n) is 3.22. The van der Waals surface area contributed by atoms with E-state index in [-0.39, 0.29) is 11.7 Å². The molecule has 1 aromatic heterocycles. The van der Waals surface area contributed by atoms with Crippen LogP contribution in [0, 0.1) is 12.7 Å². The van der Waals surface area contributed by atoms with Crippen LogP contribution in [0.5, 0.6) is 0 Å². The summed E-state index contributed by atoms with van der Waals surface area (Å²) in [6, 6.07) is 4.74.